The van der Waals surface area contributed by atoms with Crippen molar-refractivity contribution in [2.24, 2.45) is 5.92 Å². The van der Waals surface area contributed by atoms with Gasteiger partial charge in [-0.1, -0.05) is 13.8 Å². The average molecular weight is 203 g/mol. The molecule has 0 aromatic heterocycles. The molecule has 4 heteroatoms. The number of likely N-dealkylation sites (tertiary alicyclic amines) is 1. The third-order valence-electron chi connectivity index (χ3n) is 2.64. The van der Waals surface area contributed by atoms with E-state index in [1.807, 2.05) is 0 Å². The minimum absolute atomic E-state index is 0.225. The number of aliphatic hydroxyl groups excluding tert-OH is 1. The Hall–Kier alpha value is -0.640. The smallest absolute Gasteiger partial charge is 0.259 e. The Balaban J connectivity index is 2.50. The lowest BCUT2D eigenvalue weighted by atomic mass is 10.0. The molecule has 0 bridgehead atoms. The predicted molar refractivity (Wildman–Crippen MR) is 51.6 cm³/mol. The van der Waals surface area contributed by atoms with Gasteiger partial charge in [-0.05, 0) is 18.8 Å². The number of rotatable bonds is 3. The standard InChI is InChI=1S/C10H18FNO2/c1-7(2)9(13)8(11)10(14)12-5-3-4-6-12/h7-9,13H,3-6H2,1-2H3. The molecule has 1 amide bonds. The van der Waals surface area contributed by atoms with E-state index in [2.05, 4.69) is 0 Å². The van der Waals surface area contributed by atoms with E-state index >= 15 is 0 Å². The maximum Gasteiger partial charge on any atom is 0.259 e. The van der Waals surface area contributed by atoms with Crippen molar-refractivity contribution in [3.8, 4) is 0 Å². The lowest BCUT2D eigenvalue weighted by Gasteiger charge is -2.23. The number of halogens is 1. The first kappa shape index (κ1) is 11.4. The molecule has 0 radical (unpaired) electrons. The van der Waals surface area contributed by atoms with E-state index in [1.54, 1.807) is 13.8 Å². The van der Waals surface area contributed by atoms with Crippen LogP contribution in [-0.4, -0.2) is 41.3 Å². The summed E-state index contributed by atoms with van der Waals surface area (Å²) in [6, 6.07) is 0. The minimum atomic E-state index is -1.76. The highest BCUT2D eigenvalue weighted by molar-refractivity contribution is 5.81. The Bertz CT molecular complexity index is 202. The van der Waals surface area contributed by atoms with Crippen molar-refractivity contribution >= 4 is 5.91 Å². The van der Waals surface area contributed by atoms with Gasteiger partial charge in [0.2, 0.25) is 6.17 Å². The van der Waals surface area contributed by atoms with Crippen LogP contribution in [0.1, 0.15) is 26.7 Å². The zero-order valence-corrected chi connectivity index (χ0v) is 8.74. The normalized spacial score (nSPS) is 21.4. The molecule has 2 atom stereocenters. The molecule has 3 nitrogen and oxygen atoms in total. The zero-order chi connectivity index (χ0) is 10.7. The summed E-state index contributed by atoms with van der Waals surface area (Å²) >= 11 is 0. The average Bonchev–Trinajstić information content (AvgIpc) is 2.67. The number of nitrogens with zero attached hydrogens (tertiary/aromatic N) is 1. The summed E-state index contributed by atoms with van der Waals surface area (Å²) in [6.07, 6.45) is -1.05. The summed E-state index contributed by atoms with van der Waals surface area (Å²) in [7, 11) is 0. The molecule has 1 heterocycles. The molecule has 0 aromatic carbocycles. The van der Waals surface area contributed by atoms with Gasteiger partial charge in [0, 0.05) is 13.1 Å². The van der Waals surface area contributed by atoms with Crippen LogP contribution in [-0.2, 0) is 4.79 Å². The maximum absolute atomic E-state index is 13.5. The van der Waals surface area contributed by atoms with Crippen LogP contribution < -0.4 is 0 Å². The predicted octanol–water partition coefficient (Wildman–Crippen LogP) is 0.964. The highest BCUT2D eigenvalue weighted by Gasteiger charge is 2.33. The van der Waals surface area contributed by atoms with Crippen molar-refractivity contribution in [3.63, 3.8) is 0 Å². The molecule has 0 aromatic rings. The molecule has 1 aliphatic rings. The summed E-state index contributed by atoms with van der Waals surface area (Å²) in [5, 5.41) is 9.40. The highest BCUT2D eigenvalue weighted by Crippen LogP contribution is 2.16. The molecule has 1 rings (SSSR count). The molecular formula is C10H18FNO2. The SMILES string of the molecule is CC(C)C(O)C(F)C(=O)N1CCCC1. The van der Waals surface area contributed by atoms with Crippen LogP contribution in [0.25, 0.3) is 0 Å². The van der Waals surface area contributed by atoms with E-state index in [9.17, 15) is 14.3 Å². The molecule has 0 spiro atoms. The third kappa shape index (κ3) is 2.44. The third-order valence-corrected chi connectivity index (χ3v) is 2.64. The van der Waals surface area contributed by atoms with Gasteiger partial charge in [0.1, 0.15) is 0 Å². The summed E-state index contributed by atoms with van der Waals surface area (Å²) in [4.78, 5) is 13.0. The Kier molecular flexibility index (Phi) is 3.86. The topological polar surface area (TPSA) is 40.5 Å². The molecule has 1 aliphatic heterocycles. The van der Waals surface area contributed by atoms with Crippen LogP contribution in [0.15, 0.2) is 0 Å². The summed E-state index contributed by atoms with van der Waals surface area (Å²) in [5.41, 5.74) is 0. The maximum atomic E-state index is 13.5. The molecule has 0 aliphatic carbocycles. The second-order valence-electron chi connectivity index (χ2n) is 4.17. The number of carbonyl (C=O) groups excluding carboxylic acids is 1. The number of hydrogen-bond acceptors (Lipinski definition) is 2. The monoisotopic (exact) mass is 203 g/mol. The summed E-state index contributed by atoms with van der Waals surface area (Å²) in [6.45, 7) is 4.66. The first-order chi connectivity index (χ1) is 6.54. The van der Waals surface area contributed by atoms with Crippen LogP contribution in [0, 0.1) is 5.92 Å². The van der Waals surface area contributed by atoms with Crippen molar-refractivity contribution < 1.29 is 14.3 Å². The van der Waals surface area contributed by atoms with E-state index in [1.165, 1.54) is 4.90 Å². The second kappa shape index (κ2) is 4.73. The largest absolute Gasteiger partial charge is 0.389 e. The Labute approximate surface area is 83.9 Å². The van der Waals surface area contributed by atoms with Gasteiger partial charge in [-0.15, -0.1) is 0 Å². The highest BCUT2D eigenvalue weighted by atomic mass is 19.1. The molecule has 14 heavy (non-hydrogen) atoms. The fourth-order valence-electron chi connectivity index (χ4n) is 1.60. The van der Waals surface area contributed by atoms with Gasteiger partial charge in [-0.2, -0.15) is 0 Å². The zero-order valence-electron chi connectivity index (χ0n) is 8.74. The molecule has 1 N–H and O–H groups in total. The van der Waals surface area contributed by atoms with E-state index in [0.29, 0.717) is 13.1 Å². The van der Waals surface area contributed by atoms with Gasteiger partial charge < -0.3 is 10.0 Å². The first-order valence-electron chi connectivity index (χ1n) is 5.15. The number of aliphatic hydroxyl groups is 1. The van der Waals surface area contributed by atoms with Crippen molar-refractivity contribution in [1.82, 2.24) is 4.90 Å². The van der Waals surface area contributed by atoms with Crippen LogP contribution in [0.5, 0.6) is 0 Å². The number of hydrogen-bond donors (Lipinski definition) is 1. The van der Waals surface area contributed by atoms with Gasteiger partial charge in [0.05, 0.1) is 6.10 Å². The summed E-state index contributed by atoms with van der Waals surface area (Å²) in [5.74, 6) is -0.778. The van der Waals surface area contributed by atoms with E-state index in [4.69, 9.17) is 0 Å². The lowest BCUT2D eigenvalue weighted by molar-refractivity contribution is -0.140. The molecule has 0 saturated carbocycles. The van der Waals surface area contributed by atoms with Gasteiger partial charge in [-0.3, -0.25) is 4.79 Å². The van der Waals surface area contributed by atoms with Crippen LogP contribution >= 0.6 is 0 Å². The van der Waals surface area contributed by atoms with Crippen LogP contribution in [0.3, 0.4) is 0 Å². The van der Waals surface area contributed by atoms with Crippen molar-refractivity contribution in [2.45, 2.75) is 39.0 Å². The molecule has 1 fully saturated rings. The molecule has 1 saturated heterocycles. The van der Waals surface area contributed by atoms with Gasteiger partial charge in [0.15, 0.2) is 0 Å². The first-order valence-corrected chi connectivity index (χ1v) is 5.15. The summed E-state index contributed by atoms with van der Waals surface area (Å²) < 4.78 is 13.5. The van der Waals surface area contributed by atoms with Crippen LogP contribution in [0.4, 0.5) is 4.39 Å². The van der Waals surface area contributed by atoms with E-state index in [0.717, 1.165) is 12.8 Å². The fourth-order valence-corrected chi connectivity index (χ4v) is 1.60. The molecule has 82 valence electrons. The Morgan fingerprint density at radius 3 is 2.29 bits per heavy atom. The van der Waals surface area contributed by atoms with Crippen LogP contribution in [0.2, 0.25) is 0 Å². The number of amides is 1. The fraction of sp³-hybridized carbons (Fsp3) is 0.900. The molecular weight excluding hydrogens is 185 g/mol. The minimum Gasteiger partial charge on any atom is -0.389 e. The number of carbonyl (C=O) groups is 1. The van der Waals surface area contributed by atoms with E-state index in [-0.39, 0.29) is 5.92 Å². The Morgan fingerprint density at radius 1 is 1.36 bits per heavy atom. The van der Waals surface area contributed by atoms with E-state index < -0.39 is 18.2 Å². The quantitative estimate of drug-likeness (QED) is 0.742. The number of alkyl halides is 1. The van der Waals surface area contributed by atoms with Crippen molar-refractivity contribution in [3.05, 3.63) is 0 Å². The van der Waals surface area contributed by atoms with Crippen molar-refractivity contribution in [1.29, 1.82) is 0 Å². The van der Waals surface area contributed by atoms with Gasteiger partial charge in [-0.25, -0.2) is 4.39 Å². The molecule has 2 unspecified atom stereocenters. The Morgan fingerprint density at radius 2 is 1.86 bits per heavy atom. The second-order valence-corrected chi connectivity index (χ2v) is 4.17. The van der Waals surface area contributed by atoms with Gasteiger partial charge >= 0.3 is 0 Å². The van der Waals surface area contributed by atoms with Crippen molar-refractivity contribution in [2.75, 3.05) is 13.1 Å². The lowest BCUT2D eigenvalue weighted by Crippen LogP contribution is -2.43. The van der Waals surface area contributed by atoms with Gasteiger partial charge in [0.25, 0.3) is 5.91 Å².